The number of hydrogen-bond acceptors (Lipinski definition) is 5. The zero-order valence-electron chi connectivity index (χ0n) is 21.1. The second-order valence-corrected chi connectivity index (χ2v) is 11.1. The summed E-state index contributed by atoms with van der Waals surface area (Å²) in [5, 5.41) is 3.53. The molecule has 0 fully saturated rings. The molecule has 0 aliphatic carbocycles. The van der Waals surface area contributed by atoms with Crippen molar-refractivity contribution in [1.82, 2.24) is 10.2 Å². The molecular weight excluding hydrogens is 525 g/mol. The lowest BCUT2D eigenvalue weighted by Gasteiger charge is -2.32. The molecule has 2 rings (SSSR count). The summed E-state index contributed by atoms with van der Waals surface area (Å²) in [5.74, 6) is -0.655. The zero-order chi connectivity index (χ0) is 27.0. The summed E-state index contributed by atoms with van der Waals surface area (Å²) >= 11 is 12.7. The first-order valence-corrected chi connectivity index (χ1v) is 14.2. The molecule has 0 aromatic heterocycles. The lowest BCUT2D eigenvalue weighted by atomic mass is 10.1. The van der Waals surface area contributed by atoms with E-state index in [1.807, 2.05) is 13.8 Å². The van der Waals surface area contributed by atoms with Gasteiger partial charge in [-0.05, 0) is 51.5 Å². The number of carbonyl (C=O) groups excluding carboxylic acids is 2. The maximum absolute atomic E-state index is 13.7. The molecule has 0 aliphatic heterocycles. The van der Waals surface area contributed by atoms with Gasteiger partial charge in [-0.25, -0.2) is 8.42 Å². The Bertz CT molecular complexity index is 1160. The van der Waals surface area contributed by atoms with Crippen LogP contribution in [0.25, 0.3) is 0 Å². The molecule has 8 nitrogen and oxygen atoms in total. The Labute approximate surface area is 223 Å². The van der Waals surface area contributed by atoms with E-state index in [-0.39, 0.29) is 24.2 Å². The van der Waals surface area contributed by atoms with E-state index in [9.17, 15) is 18.0 Å². The van der Waals surface area contributed by atoms with Gasteiger partial charge >= 0.3 is 0 Å². The van der Waals surface area contributed by atoms with Crippen molar-refractivity contribution >= 4 is 50.7 Å². The quantitative estimate of drug-likeness (QED) is 0.414. The molecule has 0 spiro atoms. The predicted molar refractivity (Wildman–Crippen MR) is 144 cm³/mol. The van der Waals surface area contributed by atoms with Crippen LogP contribution in [0.1, 0.15) is 39.7 Å². The highest BCUT2D eigenvalue weighted by Gasteiger charge is 2.32. The fourth-order valence-electron chi connectivity index (χ4n) is 3.44. The van der Waals surface area contributed by atoms with E-state index in [1.54, 1.807) is 56.3 Å². The Morgan fingerprint density at radius 1 is 1.03 bits per heavy atom. The molecular formula is C25H33Cl2N3O5S. The molecule has 0 unspecified atom stereocenters. The van der Waals surface area contributed by atoms with Crippen LogP contribution >= 0.6 is 23.2 Å². The van der Waals surface area contributed by atoms with Crippen LogP contribution in [0, 0.1) is 0 Å². The minimum absolute atomic E-state index is 0.0862. The van der Waals surface area contributed by atoms with Crippen molar-refractivity contribution in [2.24, 2.45) is 0 Å². The van der Waals surface area contributed by atoms with Gasteiger partial charge in [0, 0.05) is 28.2 Å². The number of para-hydroxylation sites is 2. The standard InChI is InChI=1S/C25H33Cl2N3O5S/c1-6-17(3)28-25(32)18(4)29(15-19-20(26)11-10-12-21(19)27)24(31)16-30(36(5,33)34)22-13-8-9-14-23(22)35-7-2/h8-14,17-18H,6-7,15-16H2,1-5H3,(H,28,32)/t17-,18+/m1/s1. The molecule has 0 saturated carbocycles. The van der Waals surface area contributed by atoms with Crippen molar-refractivity contribution in [2.75, 3.05) is 23.7 Å². The summed E-state index contributed by atoms with van der Waals surface area (Å²) in [4.78, 5) is 28.0. The number of nitrogens with zero attached hydrogens (tertiary/aromatic N) is 2. The maximum atomic E-state index is 13.7. The monoisotopic (exact) mass is 557 g/mol. The molecule has 0 saturated heterocycles. The first-order chi connectivity index (χ1) is 16.9. The smallest absolute Gasteiger partial charge is 0.244 e. The first kappa shape index (κ1) is 29.7. The average molecular weight is 559 g/mol. The molecule has 1 N–H and O–H groups in total. The van der Waals surface area contributed by atoms with Crippen LogP contribution in [0.2, 0.25) is 10.0 Å². The van der Waals surface area contributed by atoms with Crippen molar-refractivity contribution in [2.45, 2.75) is 52.7 Å². The number of rotatable bonds is 12. The SMILES string of the molecule is CCOc1ccccc1N(CC(=O)N(Cc1c(Cl)cccc1Cl)[C@@H](C)C(=O)N[C@H](C)CC)S(C)(=O)=O. The number of sulfonamides is 1. The van der Waals surface area contributed by atoms with E-state index in [0.29, 0.717) is 34.4 Å². The molecule has 2 atom stereocenters. The third-order valence-electron chi connectivity index (χ3n) is 5.67. The van der Waals surface area contributed by atoms with Gasteiger partial charge in [0.1, 0.15) is 18.3 Å². The Hall–Kier alpha value is -2.49. The molecule has 36 heavy (non-hydrogen) atoms. The van der Waals surface area contributed by atoms with E-state index in [1.165, 1.54) is 4.90 Å². The lowest BCUT2D eigenvalue weighted by molar-refractivity contribution is -0.139. The van der Waals surface area contributed by atoms with Crippen LogP contribution in [0.15, 0.2) is 42.5 Å². The van der Waals surface area contributed by atoms with Gasteiger partial charge in [-0.1, -0.05) is 48.3 Å². The Balaban J connectivity index is 2.49. The van der Waals surface area contributed by atoms with Gasteiger partial charge in [-0.2, -0.15) is 0 Å². The van der Waals surface area contributed by atoms with Gasteiger partial charge in [0.25, 0.3) is 0 Å². The van der Waals surface area contributed by atoms with Gasteiger partial charge in [0.2, 0.25) is 21.8 Å². The summed E-state index contributed by atoms with van der Waals surface area (Å²) < 4.78 is 32.1. The highest BCUT2D eigenvalue weighted by Crippen LogP contribution is 2.31. The Kier molecular flexibility index (Phi) is 10.9. The van der Waals surface area contributed by atoms with Crippen molar-refractivity contribution in [3.05, 3.63) is 58.1 Å². The molecule has 0 aliphatic rings. The summed E-state index contributed by atoms with van der Waals surface area (Å²) in [6.07, 6.45) is 1.72. The second-order valence-electron chi connectivity index (χ2n) is 8.39. The molecule has 0 bridgehead atoms. The minimum Gasteiger partial charge on any atom is -0.492 e. The number of amides is 2. The highest BCUT2D eigenvalue weighted by molar-refractivity contribution is 7.92. The van der Waals surface area contributed by atoms with Crippen LogP contribution in [0.4, 0.5) is 5.69 Å². The second kappa shape index (κ2) is 13.2. The van der Waals surface area contributed by atoms with Crippen LogP contribution in [-0.2, 0) is 26.2 Å². The number of ether oxygens (including phenoxy) is 1. The molecule has 2 amide bonds. The Morgan fingerprint density at radius 3 is 2.19 bits per heavy atom. The molecule has 2 aromatic carbocycles. The lowest BCUT2D eigenvalue weighted by Crippen LogP contribution is -2.52. The van der Waals surface area contributed by atoms with Gasteiger partial charge in [-0.3, -0.25) is 13.9 Å². The third kappa shape index (κ3) is 7.75. The van der Waals surface area contributed by atoms with Crippen molar-refractivity contribution in [3.8, 4) is 5.75 Å². The number of hydrogen-bond donors (Lipinski definition) is 1. The largest absolute Gasteiger partial charge is 0.492 e. The molecule has 11 heteroatoms. The topological polar surface area (TPSA) is 96.0 Å². The minimum atomic E-state index is -3.89. The van der Waals surface area contributed by atoms with E-state index >= 15 is 0 Å². The van der Waals surface area contributed by atoms with Crippen LogP contribution in [0.3, 0.4) is 0 Å². The summed E-state index contributed by atoms with van der Waals surface area (Å²) in [5.41, 5.74) is 0.681. The van der Waals surface area contributed by atoms with E-state index < -0.39 is 28.5 Å². The molecule has 2 aromatic rings. The normalized spacial score (nSPS) is 13.0. The summed E-state index contributed by atoms with van der Waals surface area (Å²) in [6.45, 7) is 6.83. The van der Waals surface area contributed by atoms with Crippen molar-refractivity contribution in [1.29, 1.82) is 0 Å². The maximum Gasteiger partial charge on any atom is 0.244 e. The van der Waals surface area contributed by atoms with E-state index in [2.05, 4.69) is 5.32 Å². The Morgan fingerprint density at radius 2 is 1.64 bits per heavy atom. The van der Waals surface area contributed by atoms with Crippen molar-refractivity contribution in [3.63, 3.8) is 0 Å². The fraction of sp³-hybridized carbons (Fsp3) is 0.440. The van der Waals surface area contributed by atoms with Gasteiger partial charge in [0.05, 0.1) is 18.6 Å². The molecule has 0 radical (unpaired) electrons. The fourth-order valence-corrected chi connectivity index (χ4v) is 4.81. The van der Waals surface area contributed by atoms with Gasteiger partial charge in [-0.15, -0.1) is 0 Å². The molecule has 0 heterocycles. The number of anilines is 1. The van der Waals surface area contributed by atoms with Crippen LogP contribution < -0.4 is 14.4 Å². The predicted octanol–water partition coefficient (Wildman–Crippen LogP) is 4.49. The van der Waals surface area contributed by atoms with E-state index in [0.717, 1.165) is 10.6 Å². The average Bonchev–Trinajstić information content (AvgIpc) is 2.81. The third-order valence-corrected chi connectivity index (χ3v) is 7.51. The van der Waals surface area contributed by atoms with Crippen LogP contribution in [-0.4, -0.2) is 56.6 Å². The van der Waals surface area contributed by atoms with Crippen LogP contribution in [0.5, 0.6) is 5.75 Å². The summed E-state index contributed by atoms with van der Waals surface area (Å²) in [6, 6.07) is 10.5. The molecule has 198 valence electrons. The number of halogens is 2. The van der Waals surface area contributed by atoms with Gasteiger partial charge in [0.15, 0.2) is 0 Å². The summed E-state index contributed by atoms with van der Waals surface area (Å²) in [7, 11) is -3.89. The van der Waals surface area contributed by atoms with Crippen molar-refractivity contribution < 1.29 is 22.7 Å². The number of benzene rings is 2. The van der Waals surface area contributed by atoms with E-state index in [4.69, 9.17) is 27.9 Å². The zero-order valence-corrected chi connectivity index (χ0v) is 23.5. The first-order valence-electron chi connectivity index (χ1n) is 11.6. The number of nitrogens with one attached hydrogen (secondary N) is 1. The number of carbonyl (C=O) groups is 2. The van der Waals surface area contributed by atoms with Gasteiger partial charge < -0.3 is 15.0 Å². The highest BCUT2D eigenvalue weighted by atomic mass is 35.5.